The molecule has 0 aliphatic carbocycles. The highest BCUT2D eigenvalue weighted by Gasteiger charge is 2.11. The number of benzene rings is 1. The van der Waals surface area contributed by atoms with Crippen LogP contribution in [0.3, 0.4) is 0 Å². The smallest absolute Gasteiger partial charge is 0.321 e. The Morgan fingerprint density at radius 1 is 1.18 bits per heavy atom. The number of carbonyl (C=O) groups excluding carboxylic acids is 1. The topological polar surface area (TPSA) is 48.5 Å². The van der Waals surface area contributed by atoms with Crippen molar-refractivity contribution in [1.82, 2.24) is 9.88 Å². The lowest BCUT2D eigenvalue weighted by Gasteiger charge is -2.19. The summed E-state index contributed by atoms with van der Waals surface area (Å²) in [6, 6.07) is 11.4. The molecule has 1 aromatic heterocycles. The van der Waals surface area contributed by atoms with Crippen LogP contribution in [0.15, 0.2) is 42.6 Å². The fourth-order valence-electron chi connectivity index (χ4n) is 2.26. The molecule has 0 radical (unpaired) electrons. The number of amides is 2. The van der Waals surface area contributed by atoms with Crippen LogP contribution in [-0.2, 0) is 6.54 Å². The van der Waals surface area contributed by atoms with Crippen LogP contribution in [0, 0.1) is 6.92 Å². The number of pyridine rings is 1. The van der Waals surface area contributed by atoms with Gasteiger partial charge in [0, 0.05) is 38.7 Å². The first kappa shape index (κ1) is 15.8. The number of nitrogens with one attached hydrogen (secondary N) is 1. The van der Waals surface area contributed by atoms with E-state index in [9.17, 15) is 4.79 Å². The van der Waals surface area contributed by atoms with Gasteiger partial charge in [-0.2, -0.15) is 0 Å². The molecule has 116 valence electrons. The summed E-state index contributed by atoms with van der Waals surface area (Å²) in [5.41, 5.74) is 3.91. The molecule has 0 spiro atoms. The molecule has 0 saturated heterocycles. The van der Waals surface area contributed by atoms with Crippen molar-refractivity contribution in [3.63, 3.8) is 0 Å². The fraction of sp³-hybridized carbons (Fsp3) is 0.294. The molecule has 2 rings (SSSR count). The van der Waals surface area contributed by atoms with Crippen LogP contribution in [0.4, 0.5) is 16.2 Å². The highest BCUT2D eigenvalue weighted by Crippen LogP contribution is 2.22. The molecule has 0 aliphatic heterocycles. The van der Waals surface area contributed by atoms with E-state index in [0.717, 1.165) is 22.6 Å². The Labute approximate surface area is 131 Å². The van der Waals surface area contributed by atoms with Crippen molar-refractivity contribution < 1.29 is 4.79 Å². The van der Waals surface area contributed by atoms with Crippen molar-refractivity contribution in [3.8, 4) is 0 Å². The van der Waals surface area contributed by atoms with E-state index < -0.39 is 0 Å². The van der Waals surface area contributed by atoms with E-state index in [-0.39, 0.29) is 6.03 Å². The van der Waals surface area contributed by atoms with Gasteiger partial charge in [0.25, 0.3) is 0 Å². The number of hydrogen-bond acceptors (Lipinski definition) is 3. The number of aryl methyl sites for hydroxylation is 1. The first-order valence-electron chi connectivity index (χ1n) is 7.17. The average Bonchev–Trinajstić information content (AvgIpc) is 2.47. The summed E-state index contributed by atoms with van der Waals surface area (Å²) in [6.45, 7) is 2.50. The zero-order valence-corrected chi connectivity index (χ0v) is 13.5. The van der Waals surface area contributed by atoms with E-state index in [1.165, 1.54) is 0 Å². The van der Waals surface area contributed by atoms with E-state index in [1.807, 2.05) is 62.3 Å². The molecular weight excluding hydrogens is 276 g/mol. The zero-order chi connectivity index (χ0) is 16.1. The van der Waals surface area contributed by atoms with Gasteiger partial charge in [-0.1, -0.05) is 6.07 Å². The Bertz CT molecular complexity index is 640. The number of carbonyl (C=O) groups is 1. The predicted octanol–water partition coefficient (Wildman–Crippen LogP) is 3.12. The van der Waals surface area contributed by atoms with E-state index in [0.29, 0.717) is 6.54 Å². The summed E-state index contributed by atoms with van der Waals surface area (Å²) in [4.78, 5) is 20.1. The SMILES string of the molecule is Cc1cc(NC(=O)N(C)Cc2ccccn2)ccc1N(C)C. The lowest BCUT2D eigenvalue weighted by Crippen LogP contribution is -2.31. The van der Waals surface area contributed by atoms with E-state index >= 15 is 0 Å². The molecule has 1 heterocycles. The van der Waals surface area contributed by atoms with Crippen molar-refractivity contribution in [2.24, 2.45) is 0 Å². The van der Waals surface area contributed by atoms with Crippen LogP contribution in [0.25, 0.3) is 0 Å². The number of nitrogens with zero attached hydrogens (tertiary/aromatic N) is 3. The Hall–Kier alpha value is -2.56. The first-order valence-corrected chi connectivity index (χ1v) is 7.17. The minimum atomic E-state index is -0.150. The molecule has 1 N–H and O–H groups in total. The summed E-state index contributed by atoms with van der Waals surface area (Å²) >= 11 is 0. The Kier molecular flexibility index (Phi) is 4.99. The molecule has 5 heteroatoms. The first-order chi connectivity index (χ1) is 10.5. The molecule has 0 fully saturated rings. The van der Waals surface area contributed by atoms with Gasteiger partial charge in [-0.05, 0) is 42.8 Å². The number of hydrogen-bond donors (Lipinski definition) is 1. The van der Waals surface area contributed by atoms with Gasteiger partial charge in [0.1, 0.15) is 0 Å². The maximum atomic E-state index is 12.2. The Balaban J connectivity index is 2.01. The second-order valence-corrected chi connectivity index (χ2v) is 5.50. The van der Waals surface area contributed by atoms with Crippen molar-refractivity contribution in [3.05, 3.63) is 53.9 Å². The third kappa shape index (κ3) is 3.97. The molecule has 22 heavy (non-hydrogen) atoms. The van der Waals surface area contributed by atoms with Crippen molar-refractivity contribution in [2.75, 3.05) is 31.4 Å². The normalized spacial score (nSPS) is 10.2. The lowest BCUT2D eigenvalue weighted by atomic mass is 10.1. The van der Waals surface area contributed by atoms with Gasteiger partial charge in [0.2, 0.25) is 0 Å². The standard InChI is InChI=1S/C17H22N4O/c1-13-11-14(8-9-16(13)20(2)3)19-17(22)21(4)12-15-7-5-6-10-18-15/h5-11H,12H2,1-4H3,(H,19,22). The van der Waals surface area contributed by atoms with Gasteiger partial charge in [-0.25, -0.2) is 4.79 Å². The van der Waals surface area contributed by atoms with Gasteiger partial charge in [-0.15, -0.1) is 0 Å². The second-order valence-electron chi connectivity index (χ2n) is 5.50. The molecule has 1 aromatic carbocycles. The van der Waals surface area contributed by atoms with Crippen LogP contribution in [0.5, 0.6) is 0 Å². The summed E-state index contributed by atoms with van der Waals surface area (Å²) in [5.74, 6) is 0. The van der Waals surface area contributed by atoms with Crippen molar-refractivity contribution in [2.45, 2.75) is 13.5 Å². The molecule has 0 saturated carbocycles. The van der Waals surface area contributed by atoms with Crippen LogP contribution in [0.2, 0.25) is 0 Å². The van der Waals surface area contributed by atoms with Crippen LogP contribution < -0.4 is 10.2 Å². The number of rotatable bonds is 4. The van der Waals surface area contributed by atoms with E-state index in [1.54, 1.807) is 18.1 Å². The third-order valence-corrected chi connectivity index (χ3v) is 3.40. The highest BCUT2D eigenvalue weighted by atomic mass is 16.2. The molecule has 0 aliphatic rings. The average molecular weight is 298 g/mol. The quantitative estimate of drug-likeness (QED) is 0.943. The molecular formula is C17H22N4O. The second kappa shape index (κ2) is 6.93. The fourth-order valence-corrected chi connectivity index (χ4v) is 2.26. The van der Waals surface area contributed by atoms with Crippen molar-refractivity contribution >= 4 is 17.4 Å². The Morgan fingerprint density at radius 2 is 1.95 bits per heavy atom. The van der Waals surface area contributed by atoms with Crippen molar-refractivity contribution in [1.29, 1.82) is 0 Å². The van der Waals surface area contributed by atoms with Gasteiger partial charge < -0.3 is 15.1 Å². The molecule has 0 unspecified atom stereocenters. The van der Waals surface area contributed by atoms with Gasteiger partial charge in [-0.3, -0.25) is 4.98 Å². The summed E-state index contributed by atoms with van der Waals surface area (Å²) in [6.07, 6.45) is 1.73. The number of aromatic nitrogens is 1. The van der Waals surface area contributed by atoms with Crippen LogP contribution in [-0.4, -0.2) is 37.1 Å². The summed E-state index contributed by atoms with van der Waals surface area (Å²) in [5, 5.41) is 2.91. The predicted molar refractivity (Wildman–Crippen MR) is 90.2 cm³/mol. The zero-order valence-electron chi connectivity index (χ0n) is 13.5. The molecule has 2 amide bonds. The minimum Gasteiger partial charge on any atom is -0.377 e. The van der Waals surface area contributed by atoms with Gasteiger partial charge in [0.05, 0.1) is 12.2 Å². The number of urea groups is 1. The van der Waals surface area contributed by atoms with Gasteiger partial charge >= 0.3 is 6.03 Å². The minimum absolute atomic E-state index is 0.150. The summed E-state index contributed by atoms with van der Waals surface area (Å²) in [7, 11) is 5.76. The molecule has 5 nitrogen and oxygen atoms in total. The maximum absolute atomic E-state index is 12.2. The monoisotopic (exact) mass is 298 g/mol. The van der Waals surface area contributed by atoms with Crippen LogP contribution >= 0.6 is 0 Å². The van der Waals surface area contributed by atoms with Crippen LogP contribution in [0.1, 0.15) is 11.3 Å². The largest absolute Gasteiger partial charge is 0.377 e. The highest BCUT2D eigenvalue weighted by molar-refractivity contribution is 5.89. The molecule has 0 atom stereocenters. The Morgan fingerprint density at radius 3 is 2.55 bits per heavy atom. The van der Waals surface area contributed by atoms with Gasteiger partial charge in [0.15, 0.2) is 0 Å². The number of anilines is 2. The molecule has 0 bridgehead atoms. The van der Waals surface area contributed by atoms with E-state index in [2.05, 4.69) is 10.3 Å². The maximum Gasteiger partial charge on any atom is 0.321 e. The third-order valence-electron chi connectivity index (χ3n) is 3.40. The van der Waals surface area contributed by atoms with E-state index in [4.69, 9.17) is 0 Å². The summed E-state index contributed by atoms with van der Waals surface area (Å²) < 4.78 is 0. The lowest BCUT2D eigenvalue weighted by molar-refractivity contribution is 0.220. The molecule has 2 aromatic rings.